The minimum atomic E-state index is -0.203. The van der Waals surface area contributed by atoms with Gasteiger partial charge in [-0.15, -0.1) is 0 Å². The minimum absolute atomic E-state index is 0.203. The molecule has 2 unspecified atom stereocenters. The van der Waals surface area contributed by atoms with Crippen LogP contribution in [0.25, 0.3) is 0 Å². The molecule has 0 radical (unpaired) electrons. The van der Waals surface area contributed by atoms with Crippen molar-refractivity contribution in [1.29, 1.82) is 0 Å². The van der Waals surface area contributed by atoms with E-state index < -0.39 is 0 Å². The van der Waals surface area contributed by atoms with E-state index in [1.54, 1.807) is 0 Å². The average Bonchev–Trinajstić information content (AvgIpc) is 2.56. The van der Waals surface area contributed by atoms with Gasteiger partial charge in [0.1, 0.15) is 0 Å². The Morgan fingerprint density at radius 3 is 1.91 bits per heavy atom. The first-order valence-electron chi connectivity index (χ1n) is 10.0. The highest BCUT2D eigenvalue weighted by Crippen LogP contribution is 2.39. The molecule has 1 heterocycles. The third kappa shape index (κ3) is 4.71. The van der Waals surface area contributed by atoms with Gasteiger partial charge < -0.3 is 9.84 Å². The van der Waals surface area contributed by atoms with Crippen molar-refractivity contribution < 1.29 is 9.84 Å². The lowest BCUT2D eigenvalue weighted by atomic mass is 9.74. The lowest BCUT2D eigenvalue weighted by Gasteiger charge is -2.37. The zero-order valence-electron chi connectivity index (χ0n) is 14.5. The Morgan fingerprint density at radius 1 is 0.773 bits per heavy atom. The summed E-state index contributed by atoms with van der Waals surface area (Å²) < 4.78 is 5.88. The van der Waals surface area contributed by atoms with Crippen LogP contribution in [0.2, 0.25) is 0 Å². The van der Waals surface area contributed by atoms with Gasteiger partial charge in [0.25, 0.3) is 0 Å². The molecule has 3 rings (SSSR count). The zero-order valence-corrected chi connectivity index (χ0v) is 14.5. The topological polar surface area (TPSA) is 29.5 Å². The van der Waals surface area contributed by atoms with Crippen molar-refractivity contribution >= 4 is 0 Å². The van der Waals surface area contributed by atoms with Crippen LogP contribution in [0.15, 0.2) is 0 Å². The number of aliphatic hydroxyl groups excluding tert-OH is 1. The van der Waals surface area contributed by atoms with Gasteiger partial charge in [0, 0.05) is 0 Å². The molecule has 2 nitrogen and oxygen atoms in total. The van der Waals surface area contributed by atoms with Gasteiger partial charge in [-0.2, -0.15) is 0 Å². The molecule has 2 saturated carbocycles. The molecule has 2 heteroatoms. The molecule has 3 fully saturated rings. The van der Waals surface area contributed by atoms with E-state index in [0.29, 0.717) is 12.7 Å². The van der Waals surface area contributed by atoms with E-state index in [1.165, 1.54) is 64.2 Å². The lowest BCUT2D eigenvalue weighted by Crippen LogP contribution is -2.36. The van der Waals surface area contributed by atoms with Gasteiger partial charge in [-0.1, -0.05) is 58.3 Å². The van der Waals surface area contributed by atoms with Gasteiger partial charge >= 0.3 is 0 Å². The van der Waals surface area contributed by atoms with Crippen molar-refractivity contribution in [2.24, 2.45) is 23.7 Å². The summed E-state index contributed by atoms with van der Waals surface area (Å²) in [7, 11) is 0. The van der Waals surface area contributed by atoms with Crippen LogP contribution in [0.1, 0.15) is 84.0 Å². The molecule has 1 N–H and O–H groups in total. The third-order valence-corrected chi connectivity index (χ3v) is 6.82. The van der Waals surface area contributed by atoms with E-state index in [4.69, 9.17) is 4.74 Å². The molecular weight excluding hydrogens is 272 g/mol. The summed E-state index contributed by atoms with van der Waals surface area (Å²) in [4.78, 5) is 0. The van der Waals surface area contributed by atoms with E-state index in [-0.39, 0.29) is 6.10 Å². The highest BCUT2D eigenvalue weighted by Gasteiger charge is 2.31. The Morgan fingerprint density at radius 2 is 1.36 bits per heavy atom. The lowest BCUT2D eigenvalue weighted by molar-refractivity contribution is -0.0860. The van der Waals surface area contributed by atoms with E-state index in [1.807, 2.05) is 0 Å². The second-order valence-corrected chi connectivity index (χ2v) is 8.59. The molecule has 0 aromatic heterocycles. The van der Waals surface area contributed by atoms with Crippen molar-refractivity contribution in [1.82, 2.24) is 0 Å². The van der Waals surface area contributed by atoms with E-state index in [9.17, 15) is 5.11 Å². The Bertz CT molecular complexity index is 306. The summed E-state index contributed by atoms with van der Waals surface area (Å²) in [6.07, 6.45) is 16.8. The number of rotatable bonds is 4. The van der Waals surface area contributed by atoms with Crippen LogP contribution >= 0.6 is 0 Å². The van der Waals surface area contributed by atoms with Crippen molar-refractivity contribution in [3.8, 4) is 0 Å². The van der Waals surface area contributed by atoms with Gasteiger partial charge in [0.15, 0.2) is 0 Å². The summed E-state index contributed by atoms with van der Waals surface area (Å²) in [6.45, 7) is 2.99. The number of hydrogen-bond acceptors (Lipinski definition) is 2. The molecule has 1 saturated heterocycles. The molecule has 0 aromatic rings. The van der Waals surface area contributed by atoms with Gasteiger partial charge in [0.05, 0.1) is 18.8 Å². The largest absolute Gasteiger partial charge is 0.391 e. The van der Waals surface area contributed by atoms with Crippen LogP contribution in [-0.4, -0.2) is 23.9 Å². The molecule has 0 aromatic carbocycles. The molecule has 0 amide bonds. The van der Waals surface area contributed by atoms with Gasteiger partial charge in [-0.25, -0.2) is 0 Å². The summed E-state index contributed by atoms with van der Waals surface area (Å²) in [6, 6.07) is 0. The summed E-state index contributed by atoms with van der Waals surface area (Å²) in [5.41, 5.74) is 0. The average molecular weight is 309 g/mol. The maximum absolute atomic E-state index is 9.55. The summed E-state index contributed by atoms with van der Waals surface area (Å²) >= 11 is 0. The zero-order chi connectivity index (χ0) is 15.4. The van der Waals surface area contributed by atoms with Crippen LogP contribution in [0.5, 0.6) is 0 Å². The predicted molar refractivity (Wildman–Crippen MR) is 90.8 cm³/mol. The fraction of sp³-hybridized carbons (Fsp3) is 1.00. The van der Waals surface area contributed by atoms with Crippen LogP contribution in [0.3, 0.4) is 0 Å². The molecule has 1 aliphatic heterocycles. The first-order valence-corrected chi connectivity index (χ1v) is 10.0. The minimum Gasteiger partial charge on any atom is -0.391 e. The van der Waals surface area contributed by atoms with Crippen molar-refractivity contribution in [2.75, 3.05) is 6.61 Å². The highest BCUT2D eigenvalue weighted by atomic mass is 16.5. The predicted octanol–water partition coefficient (Wildman–Crippen LogP) is 4.94. The second kappa shape index (κ2) is 8.15. The Hall–Kier alpha value is -0.0800. The Kier molecular flexibility index (Phi) is 6.21. The van der Waals surface area contributed by atoms with Gasteiger partial charge in [-0.05, 0) is 49.4 Å². The van der Waals surface area contributed by atoms with E-state index in [2.05, 4.69) is 6.92 Å². The number of ether oxygens (including phenoxy) is 1. The monoisotopic (exact) mass is 308 g/mol. The second-order valence-electron chi connectivity index (χ2n) is 8.59. The molecule has 3 aliphatic rings. The molecule has 2 aliphatic carbocycles. The molecule has 2 atom stereocenters. The van der Waals surface area contributed by atoms with Crippen molar-refractivity contribution in [3.63, 3.8) is 0 Å². The molecular formula is C20H36O2. The summed E-state index contributed by atoms with van der Waals surface area (Å²) in [5, 5.41) is 9.55. The molecule has 0 spiro atoms. The Balaban J connectivity index is 1.32. The number of aliphatic hydroxyl groups is 1. The molecule has 128 valence electrons. The smallest absolute Gasteiger partial charge is 0.0774 e. The van der Waals surface area contributed by atoms with Crippen LogP contribution < -0.4 is 0 Å². The van der Waals surface area contributed by atoms with Crippen molar-refractivity contribution in [3.05, 3.63) is 0 Å². The molecule has 22 heavy (non-hydrogen) atoms. The van der Waals surface area contributed by atoms with Crippen LogP contribution in [-0.2, 0) is 4.74 Å². The van der Waals surface area contributed by atoms with Gasteiger partial charge in [0.2, 0.25) is 0 Å². The quantitative estimate of drug-likeness (QED) is 0.797. The summed E-state index contributed by atoms with van der Waals surface area (Å²) in [5.74, 6) is 3.79. The maximum Gasteiger partial charge on any atom is 0.0774 e. The first-order chi connectivity index (χ1) is 10.7. The highest BCUT2D eigenvalue weighted by molar-refractivity contribution is 4.82. The van der Waals surface area contributed by atoms with E-state index >= 15 is 0 Å². The SMILES string of the molecule is CC1CCC(CCC2CCC(C3CCC(O)CO3)CC2)CC1. The standard InChI is InChI=1S/C20H36O2/c1-15-2-4-16(5-3-15)6-7-17-8-10-18(11-9-17)20-13-12-19(21)14-22-20/h15-21H,2-14H2,1H3. The fourth-order valence-electron chi connectivity index (χ4n) is 5.07. The molecule has 0 bridgehead atoms. The first kappa shape index (κ1) is 16.8. The third-order valence-electron chi connectivity index (χ3n) is 6.82. The van der Waals surface area contributed by atoms with Crippen LogP contribution in [0.4, 0.5) is 0 Å². The van der Waals surface area contributed by atoms with Crippen molar-refractivity contribution in [2.45, 2.75) is 96.2 Å². The normalized spacial score (nSPS) is 43.9. The maximum atomic E-state index is 9.55. The number of hydrogen-bond donors (Lipinski definition) is 1. The Labute approximate surface area is 137 Å². The van der Waals surface area contributed by atoms with E-state index in [0.717, 1.165) is 36.5 Å². The fourth-order valence-corrected chi connectivity index (χ4v) is 5.07. The van der Waals surface area contributed by atoms with Gasteiger partial charge in [-0.3, -0.25) is 0 Å². The van der Waals surface area contributed by atoms with Crippen LogP contribution in [0, 0.1) is 23.7 Å².